The van der Waals surface area contributed by atoms with Gasteiger partial charge >= 0.3 is 0 Å². The number of allylic oxidation sites excluding steroid dienone is 2. The predicted octanol–water partition coefficient (Wildman–Crippen LogP) is 3.01. The highest BCUT2D eigenvalue weighted by Crippen LogP contribution is 2.44. The van der Waals surface area contributed by atoms with Crippen LogP contribution in [0.1, 0.15) is 58.8 Å². The van der Waals surface area contributed by atoms with Gasteiger partial charge in [0.2, 0.25) is 5.92 Å². The molecule has 2 heterocycles. The molecule has 4 aliphatic rings. The molecule has 7 heteroatoms. The molecule has 0 spiro atoms. The zero-order chi connectivity index (χ0) is 21.4. The van der Waals surface area contributed by atoms with Crippen LogP contribution in [-0.2, 0) is 4.74 Å². The highest BCUT2D eigenvalue weighted by Gasteiger charge is 2.50. The molecule has 172 valence electrons. The summed E-state index contributed by atoms with van der Waals surface area (Å²) < 4.78 is 32.4. The van der Waals surface area contributed by atoms with Gasteiger partial charge in [0.1, 0.15) is 0 Å². The van der Waals surface area contributed by atoms with Crippen LogP contribution in [0.25, 0.3) is 0 Å². The van der Waals surface area contributed by atoms with Gasteiger partial charge in [-0.25, -0.2) is 8.78 Å². The first-order valence-corrected chi connectivity index (χ1v) is 11.8. The van der Waals surface area contributed by atoms with Crippen LogP contribution in [-0.4, -0.2) is 55.6 Å². The van der Waals surface area contributed by atoms with E-state index >= 15 is 0 Å². The summed E-state index contributed by atoms with van der Waals surface area (Å²) in [7, 11) is 0. The highest BCUT2D eigenvalue weighted by molar-refractivity contribution is 5.12. The van der Waals surface area contributed by atoms with Crippen LogP contribution >= 0.6 is 0 Å². The SMILES string of the molecule is CC(C)(CO)COC1CCC(C2=CCC(C3NCC(C4CC(F)(F)C4)N3)CN2)CC1. The number of halogens is 2. The first-order chi connectivity index (χ1) is 14.2. The fourth-order valence-corrected chi connectivity index (χ4v) is 5.38. The average molecular weight is 428 g/mol. The fraction of sp³-hybridized carbons (Fsp3) is 0.913. The van der Waals surface area contributed by atoms with Gasteiger partial charge < -0.3 is 20.5 Å². The van der Waals surface area contributed by atoms with Crippen LogP contribution in [0.3, 0.4) is 0 Å². The van der Waals surface area contributed by atoms with Crippen molar-refractivity contribution in [1.29, 1.82) is 0 Å². The molecule has 30 heavy (non-hydrogen) atoms. The Morgan fingerprint density at radius 1 is 1.13 bits per heavy atom. The quantitative estimate of drug-likeness (QED) is 0.503. The molecule has 4 rings (SSSR count). The summed E-state index contributed by atoms with van der Waals surface area (Å²) in [6, 6.07) is 0.186. The molecule has 0 aromatic carbocycles. The van der Waals surface area contributed by atoms with Gasteiger partial charge in [0.25, 0.3) is 0 Å². The third-order valence-electron chi connectivity index (χ3n) is 7.57. The van der Waals surface area contributed by atoms with Crippen LogP contribution in [0.5, 0.6) is 0 Å². The fourth-order valence-electron chi connectivity index (χ4n) is 5.38. The van der Waals surface area contributed by atoms with E-state index in [1.165, 1.54) is 5.70 Å². The molecule has 1 saturated heterocycles. The number of alkyl halides is 2. The van der Waals surface area contributed by atoms with Gasteiger partial charge in [-0.15, -0.1) is 0 Å². The number of rotatable bonds is 7. The van der Waals surface area contributed by atoms with Crippen molar-refractivity contribution in [2.24, 2.45) is 23.2 Å². The van der Waals surface area contributed by atoms with E-state index in [9.17, 15) is 13.9 Å². The lowest BCUT2D eigenvalue weighted by Gasteiger charge is -2.39. The summed E-state index contributed by atoms with van der Waals surface area (Å²) in [4.78, 5) is 0. The number of aliphatic hydroxyl groups is 1. The summed E-state index contributed by atoms with van der Waals surface area (Å²) >= 11 is 0. The molecule has 0 bridgehead atoms. The van der Waals surface area contributed by atoms with E-state index in [2.05, 4.69) is 22.0 Å². The molecule has 2 aliphatic heterocycles. The zero-order valence-corrected chi connectivity index (χ0v) is 18.4. The molecule has 5 nitrogen and oxygen atoms in total. The maximum Gasteiger partial charge on any atom is 0.248 e. The maximum atomic E-state index is 13.2. The van der Waals surface area contributed by atoms with Crippen molar-refractivity contribution in [2.45, 2.75) is 83.0 Å². The van der Waals surface area contributed by atoms with E-state index in [0.717, 1.165) is 45.2 Å². The summed E-state index contributed by atoms with van der Waals surface area (Å²) in [5.74, 6) is -1.28. The number of hydrogen-bond acceptors (Lipinski definition) is 5. The van der Waals surface area contributed by atoms with Crippen molar-refractivity contribution in [3.8, 4) is 0 Å². The Balaban J connectivity index is 1.18. The minimum Gasteiger partial charge on any atom is -0.396 e. The molecule has 0 aromatic heterocycles. The number of ether oxygens (including phenoxy) is 1. The lowest BCUT2D eigenvalue weighted by molar-refractivity contribution is -0.117. The molecule has 3 atom stereocenters. The van der Waals surface area contributed by atoms with Gasteiger partial charge in [-0.05, 0) is 43.9 Å². The molecule has 0 amide bonds. The lowest BCUT2D eigenvalue weighted by Crippen LogP contribution is -2.50. The van der Waals surface area contributed by atoms with E-state index in [1.54, 1.807) is 0 Å². The molecule has 0 radical (unpaired) electrons. The van der Waals surface area contributed by atoms with Gasteiger partial charge in [0.15, 0.2) is 0 Å². The van der Waals surface area contributed by atoms with Crippen LogP contribution in [0.4, 0.5) is 8.78 Å². The lowest BCUT2D eigenvalue weighted by atomic mass is 9.76. The maximum absolute atomic E-state index is 13.2. The first kappa shape index (κ1) is 22.4. The van der Waals surface area contributed by atoms with E-state index in [1.807, 2.05) is 13.8 Å². The van der Waals surface area contributed by atoms with Crippen molar-refractivity contribution in [3.05, 3.63) is 11.8 Å². The molecular weight excluding hydrogens is 388 g/mol. The summed E-state index contributed by atoms with van der Waals surface area (Å²) in [6.07, 6.45) is 8.44. The molecule has 3 unspecified atom stereocenters. The van der Waals surface area contributed by atoms with E-state index in [-0.39, 0.29) is 43.0 Å². The minimum absolute atomic E-state index is 0.0376. The predicted molar refractivity (Wildman–Crippen MR) is 113 cm³/mol. The second-order valence-electron chi connectivity index (χ2n) is 10.8. The van der Waals surface area contributed by atoms with E-state index in [4.69, 9.17) is 4.74 Å². The molecule has 0 aromatic rings. The molecular formula is C23H39F2N3O2. The molecule has 4 N–H and O–H groups in total. The van der Waals surface area contributed by atoms with E-state index < -0.39 is 5.92 Å². The van der Waals surface area contributed by atoms with Gasteiger partial charge in [-0.2, -0.15) is 0 Å². The van der Waals surface area contributed by atoms with Gasteiger partial charge in [-0.3, -0.25) is 5.32 Å². The average Bonchev–Trinajstić information content (AvgIpc) is 3.21. The van der Waals surface area contributed by atoms with Gasteiger partial charge in [0.05, 0.1) is 25.5 Å². The molecule has 2 aliphatic carbocycles. The van der Waals surface area contributed by atoms with Gasteiger partial charge in [-0.1, -0.05) is 19.9 Å². The molecule has 2 saturated carbocycles. The second-order valence-corrected chi connectivity index (χ2v) is 10.8. The molecule has 3 fully saturated rings. The number of hydrogen-bond donors (Lipinski definition) is 4. The summed E-state index contributed by atoms with van der Waals surface area (Å²) in [6.45, 7) is 6.56. The highest BCUT2D eigenvalue weighted by atomic mass is 19.3. The Morgan fingerprint density at radius 2 is 1.87 bits per heavy atom. The standard InChI is InChI=1S/C23H39F2N3O2/c1-22(2,13-29)14-30-18-6-3-15(4-7-18)19-8-5-16(11-26-19)21-27-12-20(28-21)17-9-23(24,25)10-17/h8,15-18,20-21,26-29H,3-7,9-14H2,1-2H3. The smallest absolute Gasteiger partial charge is 0.248 e. The van der Waals surface area contributed by atoms with Crippen molar-refractivity contribution in [1.82, 2.24) is 16.0 Å². The third kappa shape index (κ3) is 5.34. The van der Waals surface area contributed by atoms with Crippen molar-refractivity contribution in [3.63, 3.8) is 0 Å². The van der Waals surface area contributed by atoms with Crippen LogP contribution in [0.15, 0.2) is 11.8 Å². The zero-order valence-electron chi connectivity index (χ0n) is 18.4. The largest absolute Gasteiger partial charge is 0.396 e. The monoisotopic (exact) mass is 427 g/mol. The van der Waals surface area contributed by atoms with Crippen molar-refractivity contribution >= 4 is 0 Å². The normalized spacial score (nSPS) is 37.4. The third-order valence-corrected chi connectivity index (χ3v) is 7.57. The Bertz CT molecular complexity index is 612. The van der Waals surface area contributed by atoms with Crippen LogP contribution in [0, 0.1) is 23.2 Å². The Kier molecular flexibility index (Phi) is 6.73. The van der Waals surface area contributed by atoms with Crippen LogP contribution in [0.2, 0.25) is 0 Å². The minimum atomic E-state index is -2.44. The Morgan fingerprint density at radius 3 is 2.47 bits per heavy atom. The van der Waals surface area contributed by atoms with Crippen molar-refractivity contribution < 1.29 is 18.6 Å². The second kappa shape index (κ2) is 9.00. The Labute approximate surface area is 179 Å². The Hall–Kier alpha value is -0.760. The van der Waals surface area contributed by atoms with Gasteiger partial charge in [0, 0.05) is 49.0 Å². The van der Waals surface area contributed by atoms with Crippen LogP contribution < -0.4 is 16.0 Å². The summed E-state index contributed by atoms with van der Waals surface area (Å²) in [5.41, 5.74) is 1.22. The van der Waals surface area contributed by atoms with Crippen molar-refractivity contribution in [2.75, 3.05) is 26.3 Å². The topological polar surface area (TPSA) is 65.5 Å². The number of nitrogens with one attached hydrogen (secondary N) is 3. The summed E-state index contributed by atoms with van der Waals surface area (Å²) in [5, 5.41) is 20.2. The first-order valence-electron chi connectivity index (χ1n) is 11.8. The van der Waals surface area contributed by atoms with E-state index in [0.29, 0.717) is 24.5 Å². The number of aliphatic hydroxyl groups excluding tert-OH is 1.